The zero-order chi connectivity index (χ0) is 12.4. The van der Waals surface area contributed by atoms with Gasteiger partial charge >= 0.3 is 12.0 Å². The van der Waals surface area contributed by atoms with E-state index >= 15 is 0 Å². The highest BCUT2D eigenvalue weighted by molar-refractivity contribution is 9.09. The van der Waals surface area contributed by atoms with Gasteiger partial charge in [-0.25, -0.2) is 9.78 Å². The number of carbonyl (C=O) groups excluding carboxylic acids is 2. The van der Waals surface area contributed by atoms with Crippen LogP contribution in [-0.4, -0.2) is 34.8 Å². The Hall–Kier alpha value is -1.37. The lowest BCUT2D eigenvalue weighted by Gasteiger charge is -2.09. The molecule has 0 radical (unpaired) electrons. The number of ether oxygens (including phenoxy) is 1. The van der Waals surface area contributed by atoms with Gasteiger partial charge in [-0.05, 0) is 6.92 Å². The van der Waals surface area contributed by atoms with E-state index in [1.54, 1.807) is 6.92 Å². The van der Waals surface area contributed by atoms with Crippen LogP contribution in [0.25, 0.3) is 0 Å². The van der Waals surface area contributed by atoms with Gasteiger partial charge in [-0.1, -0.05) is 15.9 Å². The van der Waals surface area contributed by atoms with Crippen LogP contribution in [0.5, 0.6) is 0 Å². The van der Waals surface area contributed by atoms with Crippen molar-refractivity contribution in [3.63, 3.8) is 0 Å². The molecular formula is C10H11BrN2O4. The first-order valence-corrected chi connectivity index (χ1v) is 6.10. The van der Waals surface area contributed by atoms with Crippen molar-refractivity contribution in [1.29, 1.82) is 0 Å². The fourth-order valence-corrected chi connectivity index (χ4v) is 2.10. The zero-order valence-corrected chi connectivity index (χ0v) is 10.8. The van der Waals surface area contributed by atoms with Crippen molar-refractivity contribution in [2.24, 2.45) is 0 Å². The van der Waals surface area contributed by atoms with Crippen LogP contribution in [0.1, 0.15) is 23.9 Å². The number of amides is 1. The van der Waals surface area contributed by atoms with E-state index in [2.05, 4.69) is 20.9 Å². The molecular weight excluding hydrogens is 292 g/mol. The molecule has 1 atom stereocenters. The highest BCUT2D eigenvalue weighted by Crippen LogP contribution is 2.24. The van der Waals surface area contributed by atoms with E-state index < -0.39 is 5.97 Å². The van der Waals surface area contributed by atoms with Gasteiger partial charge in [-0.2, -0.15) is 0 Å². The topological polar surface area (TPSA) is 72.6 Å². The van der Waals surface area contributed by atoms with E-state index in [1.165, 1.54) is 11.1 Å². The first kappa shape index (κ1) is 12.1. The highest BCUT2D eigenvalue weighted by atomic mass is 79.9. The summed E-state index contributed by atoms with van der Waals surface area (Å²) in [5.74, 6) is -0.648. The van der Waals surface area contributed by atoms with E-state index in [1.807, 2.05) is 0 Å². The maximum Gasteiger partial charge on any atom is 0.376 e. The molecule has 1 aromatic rings. The van der Waals surface area contributed by atoms with E-state index in [0.717, 1.165) is 0 Å². The van der Waals surface area contributed by atoms with Gasteiger partial charge in [0.15, 0.2) is 0 Å². The Labute approximate surface area is 106 Å². The monoisotopic (exact) mass is 302 g/mol. The second kappa shape index (κ2) is 4.87. The maximum atomic E-state index is 11.6. The number of halogens is 1. The van der Waals surface area contributed by atoms with Crippen LogP contribution < -0.4 is 4.90 Å². The lowest BCUT2D eigenvalue weighted by Crippen LogP contribution is -2.24. The van der Waals surface area contributed by atoms with Gasteiger partial charge in [-0.3, -0.25) is 9.69 Å². The smallest absolute Gasteiger partial charge is 0.376 e. The van der Waals surface area contributed by atoms with Crippen molar-refractivity contribution in [3.05, 3.63) is 12.0 Å². The predicted molar refractivity (Wildman–Crippen MR) is 62.1 cm³/mol. The number of nitrogens with zero attached hydrogens (tertiary/aromatic N) is 2. The second-order valence-corrected chi connectivity index (χ2v) is 4.83. The average Bonchev–Trinajstić information content (AvgIpc) is 2.85. The molecule has 1 aromatic heterocycles. The molecule has 1 aliphatic rings. The molecule has 0 spiro atoms. The highest BCUT2D eigenvalue weighted by Gasteiger charge is 2.32. The van der Waals surface area contributed by atoms with Gasteiger partial charge in [0.05, 0.1) is 12.8 Å². The molecule has 0 N–H and O–H groups in total. The summed E-state index contributed by atoms with van der Waals surface area (Å²) in [7, 11) is 0. The lowest BCUT2D eigenvalue weighted by atomic mass is 10.4. The second-order valence-electron chi connectivity index (χ2n) is 3.53. The minimum absolute atomic E-state index is 0.00710. The molecule has 0 aromatic carbocycles. The van der Waals surface area contributed by atoms with Crippen LogP contribution in [-0.2, 0) is 9.53 Å². The van der Waals surface area contributed by atoms with Crippen LogP contribution in [0.4, 0.5) is 6.01 Å². The number of anilines is 1. The summed E-state index contributed by atoms with van der Waals surface area (Å²) in [5.41, 5.74) is 0. The van der Waals surface area contributed by atoms with E-state index in [4.69, 9.17) is 9.15 Å². The summed E-state index contributed by atoms with van der Waals surface area (Å²) in [4.78, 5) is 28.3. The standard InChI is InChI=1S/C10H11BrN2O4/c1-2-16-9(15)7-4-12-10(17-7)13-5-6(11)3-8(13)14/h4,6H,2-3,5H2,1H3. The number of alkyl halides is 1. The van der Waals surface area contributed by atoms with Gasteiger partial charge < -0.3 is 9.15 Å². The molecule has 92 valence electrons. The average molecular weight is 303 g/mol. The Bertz CT molecular complexity index is 445. The summed E-state index contributed by atoms with van der Waals surface area (Å²) in [5, 5.41) is 0. The van der Waals surface area contributed by atoms with Crippen molar-refractivity contribution in [1.82, 2.24) is 4.98 Å². The Morgan fingerprint density at radius 3 is 3.12 bits per heavy atom. The fourth-order valence-electron chi connectivity index (χ4n) is 1.54. The van der Waals surface area contributed by atoms with Gasteiger partial charge in [0.2, 0.25) is 11.7 Å². The van der Waals surface area contributed by atoms with E-state index in [9.17, 15) is 9.59 Å². The van der Waals surface area contributed by atoms with Crippen LogP contribution >= 0.6 is 15.9 Å². The molecule has 0 saturated carbocycles. The SMILES string of the molecule is CCOC(=O)c1cnc(N2CC(Br)CC2=O)o1. The normalized spacial score (nSPS) is 19.8. The molecule has 7 heteroatoms. The van der Waals surface area contributed by atoms with Crippen molar-refractivity contribution in [3.8, 4) is 0 Å². The quantitative estimate of drug-likeness (QED) is 0.622. The van der Waals surface area contributed by atoms with Crippen LogP contribution in [0.3, 0.4) is 0 Å². The lowest BCUT2D eigenvalue weighted by molar-refractivity contribution is -0.117. The van der Waals surface area contributed by atoms with Gasteiger partial charge in [0.25, 0.3) is 0 Å². The third-order valence-electron chi connectivity index (χ3n) is 2.28. The van der Waals surface area contributed by atoms with Crippen molar-refractivity contribution in [2.45, 2.75) is 18.2 Å². The summed E-state index contributed by atoms with van der Waals surface area (Å²) in [6.07, 6.45) is 1.67. The zero-order valence-electron chi connectivity index (χ0n) is 9.18. The van der Waals surface area contributed by atoms with E-state index in [0.29, 0.717) is 13.0 Å². The maximum absolute atomic E-state index is 11.6. The summed E-state index contributed by atoms with van der Waals surface area (Å²) >= 11 is 3.35. The molecule has 1 unspecified atom stereocenters. The molecule has 17 heavy (non-hydrogen) atoms. The molecule has 1 fully saturated rings. The number of hydrogen-bond donors (Lipinski definition) is 0. The Morgan fingerprint density at radius 1 is 1.76 bits per heavy atom. The fraction of sp³-hybridized carbons (Fsp3) is 0.500. The Balaban J connectivity index is 2.13. The largest absolute Gasteiger partial charge is 0.460 e. The number of oxazole rings is 1. The molecule has 1 aliphatic heterocycles. The van der Waals surface area contributed by atoms with Crippen molar-refractivity contribution >= 4 is 33.8 Å². The van der Waals surface area contributed by atoms with E-state index in [-0.39, 0.29) is 29.1 Å². The molecule has 1 saturated heterocycles. The van der Waals surface area contributed by atoms with Crippen LogP contribution in [0, 0.1) is 0 Å². The molecule has 0 bridgehead atoms. The first-order valence-electron chi connectivity index (χ1n) is 5.19. The first-order chi connectivity index (χ1) is 8.11. The number of esters is 1. The van der Waals surface area contributed by atoms with Gasteiger partial charge in [0.1, 0.15) is 0 Å². The third kappa shape index (κ3) is 2.49. The molecule has 0 aliphatic carbocycles. The summed E-state index contributed by atoms with van der Waals surface area (Å²) < 4.78 is 9.97. The number of rotatable bonds is 3. The molecule has 1 amide bonds. The number of hydrogen-bond acceptors (Lipinski definition) is 5. The van der Waals surface area contributed by atoms with Crippen molar-refractivity contribution < 1.29 is 18.7 Å². The van der Waals surface area contributed by atoms with Crippen molar-refractivity contribution in [2.75, 3.05) is 18.1 Å². The van der Waals surface area contributed by atoms with Crippen LogP contribution in [0.2, 0.25) is 0 Å². The minimum atomic E-state index is -0.576. The third-order valence-corrected chi connectivity index (χ3v) is 2.89. The Morgan fingerprint density at radius 2 is 2.53 bits per heavy atom. The Kier molecular flexibility index (Phi) is 3.46. The minimum Gasteiger partial charge on any atom is -0.460 e. The molecule has 2 heterocycles. The number of aromatic nitrogens is 1. The predicted octanol–water partition coefficient (Wildman–Crippen LogP) is 1.35. The molecule has 6 nitrogen and oxygen atoms in total. The van der Waals surface area contributed by atoms with Gasteiger partial charge in [-0.15, -0.1) is 0 Å². The number of carbonyl (C=O) groups is 2. The summed E-state index contributed by atoms with van der Waals surface area (Å²) in [6, 6.07) is 0.139. The molecule has 2 rings (SSSR count). The van der Waals surface area contributed by atoms with Crippen LogP contribution in [0.15, 0.2) is 10.6 Å². The van der Waals surface area contributed by atoms with Gasteiger partial charge in [0, 0.05) is 17.8 Å². The summed E-state index contributed by atoms with van der Waals surface area (Å²) in [6.45, 7) is 2.46.